The monoisotopic (exact) mass is 211 g/mol. The van der Waals surface area contributed by atoms with E-state index in [-0.39, 0.29) is 17.9 Å². The topological polar surface area (TPSA) is 29.1 Å². The summed E-state index contributed by atoms with van der Waals surface area (Å²) in [5.74, 6) is 0.169. The van der Waals surface area contributed by atoms with E-state index in [1.807, 2.05) is 20.8 Å². The lowest BCUT2D eigenvalue weighted by Crippen LogP contribution is -2.29. The SMILES string of the molecule is Cc1ccc(C(C)NC(=O)C(C)C)s1. The van der Waals surface area contributed by atoms with Crippen LogP contribution < -0.4 is 5.32 Å². The Bertz CT molecular complexity index is 317. The highest BCUT2D eigenvalue weighted by atomic mass is 32.1. The molecular formula is C11H17NOS. The lowest BCUT2D eigenvalue weighted by atomic mass is 10.2. The van der Waals surface area contributed by atoms with Crippen LogP contribution in [0.5, 0.6) is 0 Å². The Kier molecular flexibility index (Phi) is 3.69. The summed E-state index contributed by atoms with van der Waals surface area (Å²) in [5.41, 5.74) is 0. The van der Waals surface area contributed by atoms with Gasteiger partial charge in [-0.2, -0.15) is 0 Å². The van der Waals surface area contributed by atoms with Crippen molar-refractivity contribution in [1.29, 1.82) is 0 Å². The zero-order valence-electron chi connectivity index (χ0n) is 9.13. The van der Waals surface area contributed by atoms with Crippen molar-refractivity contribution in [1.82, 2.24) is 5.32 Å². The first-order valence-electron chi connectivity index (χ1n) is 4.87. The summed E-state index contributed by atoms with van der Waals surface area (Å²) in [6, 6.07) is 4.28. The minimum absolute atomic E-state index is 0.0542. The second-order valence-corrected chi connectivity index (χ2v) is 5.15. The van der Waals surface area contributed by atoms with Crippen LogP contribution in [0.4, 0.5) is 0 Å². The molecule has 1 unspecified atom stereocenters. The van der Waals surface area contributed by atoms with Gasteiger partial charge in [0.05, 0.1) is 6.04 Å². The van der Waals surface area contributed by atoms with Gasteiger partial charge in [-0.15, -0.1) is 11.3 Å². The maximum Gasteiger partial charge on any atom is 0.223 e. The number of hydrogen-bond donors (Lipinski definition) is 1. The van der Waals surface area contributed by atoms with E-state index in [2.05, 4.69) is 24.4 Å². The quantitative estimate of drug-likeness (QED) is 0.818. The van der Waals surface area contributed by atoms with Crippen molar-refractivity contribution in [2.24, 2.45) is 5.92 Å². The molecule has 1 rings (SSSR count). The summed E-state index contributed by atoms with van der Waals surface area (Å²) in [7, 11) is 0. The van der Waals surface area contributed by atoms with Crippen LogP contribution in [0.2, 0.25) is 0 Å². The summed E-state index contributed by atoms with van der Waals surface area (Å²) in [4.78, 5) is 13.9. The van der Waals surface area contributed by atoms with E-state index < -0.39 is 0 Å². The highest BCUT2D eigenvalue weighted by Gasteiger charge is 2.13. The van der Waals surface area contributed by atoms with Crippen molar-refractivity contribution in [2.45, 2.75) is 33.7 Å². The molecule has 0 fully saturated rings. The third-order valence-electron chi connectivity index (χ3n) is 2.07. The van der Waals surface area contributed by atoms with Crippen molar-refractivity contribution in [3.05, 3.63) is 21.9 Å². The second-order valence-electron chi connectivity index (χ2n) is 3.83. The molecular weight excluding hydrogens is 194 g/mol. The third kappa shape index (κ3) is 2.84. The zero-order valence-corrected chi connectivity index (χ0v) is 9.94. The number of aryl methyl sites for hydroxylation is 1. The van der Waals surface area contributed by atoms with Crippen LogP contribution in [0, 0.1) is 12.8 Å². The largest absolute Gasteiger partial charge is 0.349 e. The van der Waals surface area contributed by atoms with Gasteiger partial charge in [0, 0.05) is 15.7 Å². The molecule has 2 nitrogen and oxygen atoms in total. The predicted molar refractivity (Wildman–Crippen MR) is 60.5 cm³/mol. The van der Waals surface area contributed by atoms with E-state index in [4.69, 9.17) is 0 Å². The average Bonchev–Trinajstić information content (AvgIpc) is 2.51. The van der Waals surface area contributed by atoms with Gasteiger partial charge in [-0.25, -0.2) is 0 Å². The Balaban J connectivity index is 2.59. The van der Waals surface area contributed by atoms with Crippen molar-refractivity contribution in [3.8, 4) is 0 Å². The van der Waals surface area contributed by atoms with E-state index >= 15 is 0 Å². The number of hydrogen-bond acceptors (Lipinski definition) is 2. The number of carbonyl (C=O) groups excluding carboxylic acids is 1. The lowest BCUT2D eigenvalue weighted by molar-refractivity contribution is -0.124. The average molecular weight is 211 g/mol. The van der Waals surface area contributed by atoms with Gasteiger partial charge in [-0.3, -0.25) is 4.79 Å². The molecule has 0 radical (unpaired) electrons. The number of thiophene rings is 1. The smallest absolute Gasteiger partial charge is 0.223 e. The van der Waals surface area contributed by atoms with Gasteiger partial charge >= 0.3 is 0 Å². The van der Waals surface area contributed by atoms with Crippen LogP contribution in [0.25, 0.3) is 0 Å². The molecule has 0 spiro atoms. The van der Waals surface area contributed by atoms with Gasteiger partial charge in [0.25, 0.3) is 0 Å². The first kappa shape index (κ1) is 11.2. The molecule has 0 aromatic carbocycles. The lowest BCUT2D eigenvalue weighted by Gasteiger charge is -2.13. The fourth-order valence-electron chi connectivity index (χ4n) is 1.14. The molecule has 1 amide bonds. The van der Waals surface area contributed by atoms with Gasteiger partial charge in [0.1, 0.15) is 0 Å². The van der Waals surface area contributed by atoms with E-state index in [1.54, 1.807) is 11.3 Å². The van der Waals surface area contributed by atoms with Gasteiger partial charge in [-0.1, -0.05) is 13.8 Å². The molecule has 0 saturated heterocycles. The first-order chi connectivity index (χ1) is 6.50. The predicted octanol–water partition coefficient (Wildman–Crippen LogP) is 2.89. The van der Waals surface area contributed by atoms with E-state index in [0.29, 0.717) is 0 Å². The third-order valence-corrected chi connectivity index (χ3v) is 3.25. The van der Waals surface area contributed by atoms with Crippen LogP contribution >= 0.6 is 11.3 Å². The molecule has 0 aliphatic carbocycles. The van der Waals surface area contributed by atoms with Crippen LogP contribution in [0.3, 0.4) is 0 Å². The maximum absolute atomic E-state index is 11.4. The van der Waals surface area contributed by atoms with Crippen molar-refractivity contribution in [3.63, 3.8) is 0 Å². The van der Waals surface area contributed by atoms with Gasteiger partial charge in [0.2, 0.25) is 5.91 Å². The highest BCUT2D eigenvalue weighted by molar-refractivity contribution is 7.12. The summed E-state index contributed by atoms with van der Waals surface area (Å²) >= 11 is 1.73. The Labute approximate surface area is 89.3 Å². The van der Waals surface area contributed by atoms with Crippen LogP contribution in [-0.2, 0) is 4.79 Å². The molecule has 0 saturated carbocycles. The van der Waals surface area contributed by atoms with Gasteiger partial charge in [0.15, 0.2) is 0 Å². The molecule has 0 bridgehead atoms. The van der Waals surface area contributed by atoms with Crippen LogP contribution in [0.1, 0.15) is 36.6 Å². The standard InChI is InChI=1S/C11H17NOS/c1-7(2)11(13)12-9(4)10-6-5-8(3)14-10/h5-7,9H,1-4H3,(H,12,13). The number of rotatable bonds is 3. The molecule has 78 valence electrons. The minimum Gasteiger partial charge on any atom is -0.349 e. The van der Waals surface area contributed by atoms with Gasteiger partial charge < -0.3 is 5.32 Å². The molecule has 0 aliphatic rings. The normalized spacial score (nSPS) is 12.9. The molecule has 0 aliphatic heterocycles. The van der Waals surface area contributed by atoms with Crippen LogP contribution in [-0.4, -0.2) is 5.91 Å². The zero-order chi connectivity index (χ0) is 10.7. The number of amides is 1. The molecule has 14 heavy (non-hydrogen) atoms. The fourth-order valence-corrected chi connectivity index (χ4v) is 2.02. The molecule has 1 atom stereocenters. The number of nitrogens with one attached hydrogen (secondary N) is 1. The highest BCUT2D eigenvalue weighted by Crippen LogP contribution is 2.22. The first-order valence-corrected chi connectivity index (χ1v) is 5.69. The summed E-state index contributed by atoms with van der Waals surface area (Å²) in [6.07, 6.45) is 0. The van der Waals surface area contributed by atoms with E-state index in [0.717, 1.165) is 0 Å². The maximum atomic E-state index is 11.4. The second kappa shape index (κ2) is 4.60. The van der Waals surface area contributed by atoms with Crippen molar-refractivity contribution in [2.75, 3.05) is 0 Å². The van der Waals surface area contributed by atoms with Crippen LogP contribution in [0.15, 0.2) is 12.1 Å². The Morgan fingerprint density at radius 2 is 2.00 bits per heavy atom. The molecule has 1 aromatic heterocycles. The summed E-state index contributed by atoms with van der Waals surface area (Å²) in [5, 5.41) is 2.98. The molecule has 3 heteroatoms. The van der Waals surface area contributed by atoms with Gasteiger partial charge in [-0.05, 0) is 26.0 Å². The Morgan fingerprint density at radius 3 is 2.43 bits per heavy atom. The fraction of sp³-hybridized carbons (Fsp3) is 0.545. The van der Waals surface area contributed by atoms with Crippen molar-refractivity contribution < 1.29 is 4.79 Å². The number of carbonyl (C=O) groups is 1. The Morgan fingerprint density at radius 1 is 1.36 bits per heavy atom. The summed E-state index contributed by atoms with van der Waals surface area (Å²) < 4.78 is 0. The van der Waals surface area contributed by atoms with Crippen molar-refractivity contribution >= 4 is 17.2 Å². The molecule has 1 N–H and O–H groups in total. The van der Waals surface area contributed by atoms with E-state index in [9.17, 15) is 4.79 Å². The van der Waals surface area contributed by atoms with E-state index in [1.165, 1.54) is 9.75 Å². The summed E-state index contributed by atoms with van der Waals surface area (Å²) in [6.45, 7) is 7.90. The molecule has 1 aromatic rings. The molecule has 1 heterocycles. The Hall–Kier alpha value is -0.830. The minimum atomic E-state index is 0.0542.